The summed E-state index contributed by atoms with van der Waals surface area (Å²) in [7, 11) is 0. The average Bonchev–Trinajstić information content (AvgIpc) is 2.95. The van der Waals surface area contributed by atoms with E-state index in [0.29, 0.717) is 18.7 Å². The molecule has 4 bridgehead atoms. The van der Waals surface area contributed by atoms with Crippen LogP contribution in [0, 0.1) is 23.7 Å². The van der Waals surface area contributed by atoms with Gasteiger partial charge in [0.1, 0.15) is 0 Å². The first-order valence-corrected chi connectivity index (χ1v) is 8.89. The van der Waals surface area contributed by atoms with E-state index >= 15 is 0 Å². The summed E-state index contributed by atoms with van der Waals surface area (Å²) in [4.78, 5) is 12.2. The second-order valence-corrected chi connectivity index (χ2v) is 7.79. The van der Waals surface area contributed by atoms with Gasteiger partial charge < -0.3 is 15.4 Å². The van der Waals surface area contributed by atoms with Crippen molar-refractivity contribution in [1.29, 1.82) is 0 Å². The van der Waals surface area contributed by atoms with E-state index in [4.69, 9.17) is 4.74 Å². The van der Waals surface area contributed by atoms with Crippen molar-refractivity contribution in [3.63, 3.8) is 0 Å². The Hall–Kier alpha value is -0.610. The zero-order chi connectivity index (χ0) is 14.2. The lowest BCUT2D eigenvalue weighted by Crippen LogP contribution is -2.57. The van der Waals surface area contributed by atoms with Crippen LogP contribution in [0.2, 0.25) is 0 Å². The van der Waals surface area contributed by atoms with Crippen molar-refractivity contribution in [3.8, 4) is 0 Å². The van der Waals surface area contributed by atoms with Crippen molar-refractivity contribution in [3.05, 3.63) is 0 Å². The molecule has 1 atom stereocenters. The van der Waals surface area contributed by atoms with Gasteiger partial charge in [-0.3, -0.25) is 4.79 Å². The van der Waals surface area contributed by atoms with Gasteiger partial charge in [0, 0.05) is 19.2 Å². The van der Waals surface area contributed by atoms with E-state index in [1.807, 2.05) is 0 Å². The highest BCUT2D eigenvalue weighted by molar-refractivity contribution is 5.78. The molecule has 0 aromatic heterocycles. The first kappa shape index (κ1) is 14.0. The number of hydrogen-bond donors (Lipinski definition) is 2. The van der Waals surface area contributed by atoms with E-state index in [1.165, 1.54) is 32.1 Å². The quantitative estimate of drug-likeness (QED) is 0.811. The van der Waals surface area contributed by atoms with Gasteiger partial charge in [-0.2, -0.15) is 0 Å². The van der Waals surface area contributed by atoms with Gasteiger partial charge in [-0.05, 0) is 68.6 Å². The van der Waals surface area contributed by atoms with Crippen LogP contribution in [-0.2, 0) is 9.53 Å². The van der Waals surface area contributed by atoms with Crippen molar-refractivity contribution in [2.75, 3.05) is 19.7 Å². The third-order valence-electron chi connectivity index (χ3n) is 6.24. The van der Waals surface area contributed by atoms with Gasteiger partial charge in [0.2, 0.25) is 5.91 Å². The number of ether oxygens (including phenoxy) is 1. The van der Waals surface area contributed by atoms with Gasteiger partial charge in [0.25, 0.3) is 0 Å². The lowest BCUT2D eigenvalue weighted by Gasteiger charge is -2.54. The monoisotopic (exact) mass is 292 g/mol. The van der Waals surface area contributed by atoms with E-state index in [-0.39, 0.29) is 5.91 Å². The molecule has 5 fully saturated rings. The molecule has 5 aliphatic rings. The molecule has 4 heteroatoms. The maximum absolute atomic E-state index is 12.2. The molecule has 1 aliphatic heterocycles. The molecule has 118 valence electrons. The lowest BCUT2D eigenvalue weighted by atomic mass is 9.54. The molecule has 0 radical (unpaired) electrons. The predicted octanol–water partition coefficient (Wildman–Crippen LogP) is 1.70. The molecule has 2 N–H and O–H groups in total. The maximum Gasteiger partial charge on any atom is 0.234 e. The zero-order valence-electron chi connectivity index (χ0n) is 12.9. The molecule has 4 nitrogen and oxygen atoms in total. The molecule has 1 amide bonds. The summed E-state index contributed by atoms with van der Waals surface area (Å²) >= 11 is 0. The van der Waals surface area contributed by atoms with Gasteiger partial charge in [-0.25, -0.2) is 0 Å². The number of carbonyl (C=O) groups is 1. The topological polar surface area (TPSA) is 50.4 Å². The van der Waals surface area contributed by atoms with Crippen molar-refractivity contribution in [2.45, 2.75) is 57.1 Å². The number of carbonyl (C=O) groups excluding carboxylic acids is 1. The largest absolute Gasteiger partial charge is 0.377 e. The summed E-state index contributed by atoms with van der Waals surface area (Å²) in [5.74, 6) is 3.66. The van der Waals surface area contributed by atoms with Crippen molar-refractivity contribution >= 4 is 5.91 Å². The number of rotatable bonds is 5. The molecule has 0 spiro atoms. The Kier molecular flexibility index (Phi) is 3.92. The fourth-order valence-corrected chi connectivity index (χ4v) is 5.55. The normalized spacial score (nSPS) is 44.2. The fraction of sp³-hybridized carbons (Fsp3) is 0.941. The zero-order valence-corrected chi connectivity index (χ0v) is 12.9. The highest BCUT2D eigenvalue weighted by Gasteiger charge is 2.48. The summed E-state index contributed by atoms with van der Waals surface area (Å²) in [5.41, 5.74) is 0. The third kappa shape index (κ3) is 2.98. The second-order valence-electron chi connectivity index (χ2n) is 7.79. The van der Waals surface area contributed by atoms with Crippen LogP contribution in [0.3, 0.4) is 0 Å². The molecule has 0 aromatic rings. The molecule has 1 heterocycles. The third-order valence-corrected chi connectivity index (χ3v) is 6.24. The van der Waals surface area contributed by atoms with Crippen LogP contribution in [0.1, 0.15) is 44.9 Å². The Morgan fingerprint density at radius 3 is 2.38 bits per heavy atom. The maximum atomic E-state index is 12.2. The average molecular weight is 292 g/mol. The molecule has 0 aromatic carbocycles. The fourth-order valence-electron chi connectivity index (χ4n) is 5.55. The number of nitrogens with one attached hydrogen (secondary N) is 2. The molecule has 1 unspecified atom stereocenters. The van der Waals surface area contributed by atoms with Crippen molar-refractivity contribution in [1.82, 2.24) is 10.6 Å². The van der Waals surface area contributed by atoms with E-state index in [0.717, 1.165) is 49.7 Å². The lowest BCUT2D eigenvalue weighted by molar-refractivity contribution is -0.124. The molecule has 4 aliphatic carbocycles. The highest BCUT2D eigenvalue weighted by atomic mass is 16.5. The van der Waals surface area contributed by atoms with Gasteiger partial charge in [0.15, 0.2) is 0 Å². The van der Waals surface area contributed by atoms with Crippen LogP contribution in [0.15, 0.2) is 0 Å². The Morgan fingerprint density at radius 1 is 1.05 bits per heavy atom. The molecule has 21 heavy (non-hydrogen) atoms. The Labute approximate surface area is 127 Å². The van der Waals surface area contributed by atoms with Gasteiger partial charge in [0.05, 0.1) is 12.6 Å². The van der Waals surface area contributed by atoms with Crippen LogP contribution >= 0.6 is 0 Å². The minimum absolute atomic E-state index is 0.186. The van der Waals surface area contributed by atoms with Crippen LogP contribution < -0.4 is 10.6 Å². The van der Waals surface area contributed by atoms with E-state index < -0.39 is 0 Å². The van der Waals surface area contributed by atoms with Gasteiger partial charge in [-0.15, -0.1) is 0 Å². The summed E-state index contributed by atoms with van der Waals surface area (Å²) in [6, 6.07) is 0.467. The van der Waals surface area contributed by atoms with Gasteiger partial charge >= 0.3 is 0 Å². The molecular weight excluding hydrogens is 264 g/mol. The number of amides is 1. The van der Waals surface area contributed by atoms with Crippen molar-refractivity contribution in [2.24, 2.45) is 23.7 Å². The Balaban J connectivity index is 1.23. The Bertz CT molecular complexity index is 364. The van der Waals surface area contributed by atoms with E-state index in [1.54, 1.807) is 0 Å². The smallest absolute Gasteiger partial charge is 0.234 e. The number of hydrogen-bond acceptors (Lipinski definition) is 3. The standard InChI is InChI=1S/C17H28N2O2/c20-16(10-18-9-15-2-1-3-21-15)19-17-13-5-11-4-12(7-13)8-14(17)6-11/h11-15,17-18H,1-10H2,(H,19,20). The molecule has 4 saturated carbocycles. The van der Waals surface area contributed by atoms with E-state index in [9.17, 15) is 4.79 Å². The van der Waals surface area contributed by atoms with Crippen LogP contribution in [0.25, 0.3) is 0 Å². The summed E-state index contributed by atoms with van der Waals surface area (Å²) in [6.45, 7) is 2.14. The van der Waals surface area contributed by atoms with Crippen LogP contribution in [-0.4, -0.2) is 37.7 Å². The minimum Gasteiger partial charge on any atom is -0.377 e. The first-order chi connectivity index (χ1) is 10.3. The minimum atomic E-state index is 0.186. The summed E-state index contributed by atoms with van der Waals surface area (Å²) < 4.78 is 5.57. The Morgan fingerprint density at radius 2 is 1.76 bits per heavy atom. The molecule has 5 rings (SSSR count). The first-order valence-electron chi connectivity index (χ1n) is 8.89. The summed E-state index contributed by atoms with van der Waals surface area (Å²) in [6.07, 6.45) is 9.53. The van der Waals surface area contributed by atoms with Crippen LogP contribution in [0.4, 0.5) is 0 Å². The second kappa shape index (κ2) is 5.88. The predicted molar refractivity (Wildman–Crippen MR) is 80.8 cm³/mol. The summed E-state index contributed by atoms with van der Waals surface area (Å²) in [5, 5.41) is 6.61. The SMILES string of the molecule is O=C(CNCC1CCCO1)NC1C2CC3CC(C2)CC1C3. The molecular formula is C17H28N2O2. The highest BCUT2D eigenvalue weighted by Crippen LogP contribution is 2.53. The van der Waals surface area contributed by atoms with E-state index in [2.05, 4.69) is 10.6 Å². The van der Waals surface area contributed by atoms with Gasteiger partial charge in [-0.1, -0.05) is 0 Å². The van der Waals surface area contributed by atoms with Crippen molar-refractivity contribution < 1.29 is 9.53 Å². The molecule has 1 saturated heterocycles. The van der Waals surface area contributed by atoms with Crippen LogP contribution in [0.5, 0.6) is 0 Å².